The van der Waals surface area contributed by atoms with Gasteiger partial charge in [-0.25, -0.2) is 4.79 Å². The zero-order chi connectivity index (χ0) is 17.1. The topological polar surface area (TPSA) is 75.7 Å². The highest BCUT2D eigenvalue weighted by atomic mass is 16.5. The number of nitrogens with one attached hydrogen (secondary N) is 1. The van der Waals surface area contributed by atoms with Crippen molar-refractivity contribution >= 4 is 17.8 Å². The maximum Gasteiger partial charge on any atom is 0.335 e. The first-order valence-electron chi connectivity index (χ1n) is 7.78. The van der Waals surface area contributed by atoms with Crippen LogP contribution < -0.4 is 5.32 Å². The number of carbonyl (C=O) groups is 3. The van der Waals surface area contributed by atoms with Gasteiger partial charge >= 0.3 is 5.97 Å². The first kappa shape index (κ1) is 18.7. The van der Waals surface area contributed by atoms with Gasteiger partial charge in [0.1, 0.15) is 0 Å². The fraction of sp³-hybridized carbons (Fsp3) is 0.471. The van der Waals surface area contributed by atoms with Crippen molar-refractivity contribution in [3.63, 3.8) is 0 Å². The predicted molar refractivity (Wildman–Crippen MR) is 87.0 cm³/mol. The molecule has 126 valence electrons. The number of ether oxygens (including phenoxy) is 1. The minimum Gasteiger partial charge on any atom is -0.432 e. The van der Waals surface area contributed by atoms with Gasteiger partial charge in [0.15, 0.2) is 0 Å². The lowest BCUT2D eigenvalue weighted by Crippen LogP contribution is -2.31. The molecule has 2 rings (SSSR count). The number of hydrogen-bond acceptors (Lipinski definition) is 4. The third-order valence-electron chi connectivity index (χ3n) is 3.51. The van der Waals surface area contributed by atoms with Crippen molar-refractivity contribution < 1.29 is 19.1 Å². The van der Waals surface area contributed by atoms with E-state index in [0.29, 0.717) is 12.8 Å². The molecule has 0 radical (unpaired) electrons. The molecule has 0 aliphatic carbocycles. The Morgan fingerprint density at radius 3 is 2.57 bits per heavy atom. The van der Waals surface area contributed by atoms with Crippen molar-refractivity contribution in [2.75, 3.05) is 6.54 Å². The van der Waals surface area contributed by atoms with E-state index in [1.165, 1.54) is 6.08 Å². The van der Waals surface area contributed by atoms with Crippen LogP contribution in [0.15, 0.2) is 37.8 Å². The number of rotatable bonds is 4. The molecule has 1 unspecified atom stereocenters. The smallest absolute Gasteiger partial charge is 0.335 e. The summed E-state index contributed by atoms with van der Waals surface area (Å²) < 4.78 is 4.52. The second-order valence-corrected chi connectivity index (χ2v) is 5.26. The van der Waals surface area contributed by atoms with Gasteiger partial charge in [-0.15, -0.1) is 0 Å². The summed E-state index contributed by atoms with van der Waals surface area (Å²) >= 11 is 0. The summed E-state index contributed by atoms with van der Waals surface area (Å²) in [5.41, 5.74) is 0. The molecule has 2 heterocycles. The van der Waals surface area contributed by atoms with Crippen LogP contribution in [-0.2, 0) is 19.1 Å². The highest BCUT2D eigenvalue weighted by Gasteiger charge is 2.16. The van der Waals surface area contributed by atoms with E-state index < -0.39 is 5.97 Å². The van der Waals surface area contributed by atoms with E-state index in [-0.39, 0.29) is 17.9 Å². The van der Waals surface area contributed by atoms with Crippen LogP contribution >= 0.6 is 0 Å². The van der Waals surface area contributed by atoms with Gasteiger partial charge in [-0.2, -0.15) is 0 Å². The van der Waals surface area contributed by atoms with E-state index in [0.717, 1.165) is 38.5 Å². The van der Waals surface area contributed by atoms with Gasteiger partial charge in [-0.1, -0.05) is 25.7 Å². The Morgan fingerprint density at radius 1 is 1.22 bits per heavy atom. The van der Waals surface area contributed by atoms with Gasteiger partial charge in [0.25, 0.3) is 0 Å². The average molecular weight is 320 g/mol. The minimum absolute atomic E-state index is 0.0410. The highest BCUT2D eigenvalue weighted by Crippen LogP contribution is 2.10. The molecule has 2 saturated heterocycles. The van der Waals surface area contributed by atoms with E-state index in [1.54, 1.807) is 17.2 Å². The monoisotopic (exact) mass is 320 g/mol. The van der Waals surface area contributed by atoms with E-state index in [1.807, 2.05) is 0 Å². The molecule has 2 aliphatic rings. The number of nitrogens with zero attached hydrogens (tertiary/aromatic N) is 1. The Labute approximate surface area is 136 Å². The number of hydrogen-bond donors (Lipinski definition) is 1. The van der Waals surface area contributed by atoms with Gasteiger partial charge in [-0.3, -0.25) is 9.59 Å². The van der Waals surface area contributed by atoms with Crippen molar-refractivity contribution in [3.05, 3.63) is 37.8 Å². The van der Waals surface area contributed by atoms with Crippen molar-refractivity contribution in [2.45, 2.75) is 44.6 Å². The third kappa shape index (κ3) is 7.44. The molecule has 0 bridgehead atoms. The van der Waals surface area contributed by atoms with Crippen molar-refractivity contribution in [1.29, 1.82) is 0 Å². The summed E-state index contributed by atoms with van der Waals surface area (Å²) in [6.45, 7) is 7.64. The number of amides is 2. The Bertz CT molecular complexity index is 485. The van der Waals surface area contributed by atoms with Crippen LogP contribution in [0.4, 0.5) is 0 Å². The molecule has 1 atom stereocenters. The maximum atomic E-state index is 11.2. The zero-order valence-corrected chi connectivity index (χ0v) is 13.3. The quantitative estimate of drug-likeness (QED) is 0.488. The Balaban J connectivity index is 0.000000277. The highest BCUT2D eigenvalue weighted by molar-refractivity contribution is 5.83. The van der Waals surface area contributed by atoms with Crippen LogP contribution in [0.3, 0.4) is 0 Å². The van der Waals surface area contributed by atoms with Crippen LogP contribution in [0, 0.1) is 0 Å². The number of esters is 1. The molecule has 0 aromatic heterocycles. The molecule has 1 N–H and O–H groups in total. The Morgan fingerprint density at radius 2 is 2.00 bits per heavy atom. The summed E-state index contributed by atoms with van der Waals surface area (Å²) in [6.07, 6.45) is 10.7. The normalized spacial score (nSPS) is 21.0. The fourth-order valence-electron chi connectivity index (χ4n) is 2.32. The van der Waals surface area contributed by atoms with Gasteiger partial charge in [0.05, 0.1) is 6.26 Å². The van der Waals surface area contributed by atoms with Crippen LogP contribution in [0.25, 0.3) is 0 Å². The molecule has 23 heavy (non-hydrogen) atoms. The molecule has 0 aromatic carbocycles. The molecular weight excluding hydrogens is 296 g/mol. The van der Waals surface area contributed by atoms with Crippen LogP contribution in [0.5, 0.6) is 0 Å². The molecule has 2 aliphatic heterocycles. The van der Waals surface area contributed by atoms with Gasteiger partial charge in [0.2, 0.25) is 11.8 Å². The molecule has 0 aromatic rings. The number of likely N-dealkylation sites (tertiary alicyclic amines) is 1. The second kappa shape index (κ2) is 10.4. The van der Waals surface area contributed by atoms with Gasteiger partial charge in [0, 0.05) is 31.5 Å². The molecular formula is C17H24N2O4. The van der Waals surface area contributed by atoms with Crippen LogP contribution in [0.2, 0.25) is 0 Å². The summed E-state index contributed by atoms with van der Waals surface area (Å²) in [7, 11) is 0. The largest absolute Gasteiger partial charge is 0.432 e. The van der Waals surface area contributed by atoms with Crippen LogP contribution in [0.1, 0.15) is 38.5 Å². The van der Waals surface area contributed by atoms with E-state index in [2.05, 4.69) is 23.2 Å². The van der Waals surface area contributed by atoms with Crippen molar-refractivity contribution in [1.82, 2.24) is 10.2 Å². The summed E-state index contributed by atoms with van der Waals surface area (Å²) in [5, 5.41) is 2.82. The second-order valence-electron chi connectivity index (χ2n) is 5.26. The standard InChI is InChI=1S/C11H15NO3.C6H9NO/c1-2-15-11(14)8-7-9-5-3-4-6-10(13)12-9;1-2-7-5-3-4-6(7)8/h2,7-9H,1,3-6H2,(H,12,13);2H,1,3-5H2. The lowest BCUT2D eigenvalue weighted by Gasteiger charge is -2.09. The predicted octanol–water partition coefficient (Wildman–Crippen LogP) is 2.04. The summed E-state index contributed by atoms with van der Waals surface area (Å²) in [4.78, 5) is 34.5. The molecule has 0 spiro atoms. The maximum absolute atomic E-state index is 11.2. The lowest BCUT2D eigenvalue weighted by molar-refractivity contribution is -0.132. The molecule has 2 amide bonds. The first-order chi connectivity index (χ1) is 11.1. The zero-order valence-electron chi connectivity index (χ0n) is 13.3. The minimum atomic E-state index is -0.469. The fourth-order valence-corrected chi connectivity index (χ4v) is 2.32. The Kier molecular flexibility index (Phi) is 8.42. The van der Waals surface area contributed by atoms with Crippen LogP contribution in [-0.4, -0.2) is 35.3 Å². The average Bonchev–Trinajstić information content (AvgIpc) is 2.83. The van der Waals surface area contributed by atoms with Gasteiger partial charge < -0.3 is 15.0 Å². The molecule has 2 fully saturated rings. The van der Waals surface area contributed by atoms with E-state index in [4.69, 9.17) is 0 Å². The van der Waals surface area contributed by atoms with Crippen molar-refractivity contribution in [2.24, 2.45) is 0 Å². The van der Waals surface area contributed by atoms with E-state index >= 15 is 0 Å². The Hall–Kier alpha value is -2.37. The number of carbonyl (C=O) groups excluding carboxylic acids is 3. The lowest BCUT2D eigenvalue weighted by atomic mass is 10.1. The van der Waals surface area contributed by atoms with Gasteiger partial charge in [-0.05, 0) is 25.5 Å². The van der Waals surface area contributed by atoms with Crippen molar-refractivity contribution in [3.8, 4) is 0 Å². The van der Waals surface area contributed by atoms with E-state index in [9.17, 15) is 14.4 Å². The third-order valence-corrected chi connectivity index (χ3v) is 3.51. The molecule has 0 saturated carbocycles. The SMILES string of the molecule is C=CN1CCCC1=O.C=COC(=O)C=CC1CCCCC(=O)N1. The molecule has 6 heteroatoms. The summed E-state index contributed by atoms with van der Waals surface area (Å²) in [6, 6.07) is -0.0580. The summed E-state index contributed by atoms with van der Waals surface area (Å²) in [5.74, 6) is -0.220. The first-order valence-corrected chi connectivity index (χ1v) is 7.78. The molecule has 6 nitrogen and oxygen atoms in total.